The molecule has 2 saturated carbocycles. The van der Waals surface area contributed by atoms with Gasteiger partial charge in [0.25, 0.3) is 0 Å². The Hall–Kier alpha value is -1.85. The Morgan fingerprint density at radius 1 is 1.25 bits per heavy atom. The lowest BCUT2D eigenvalue weighted by Gasteiger charge is -2.34. The molecule has 2 amide bonds. The number of anilines is 1. The van der Waals surface area contributed by atoms with Gasteiger partial charge in [0.15, 0.2) is 0 Å². The number of nitrogens with one attached hydrogen (secondary N) is 3. The number of hydrogen-bond acceptors (Lipinski definition) is 3. The van der Waals surface area contributed by atoms with Crippen LogP contribution in [0.3, 0.4) is 0 Å². The molecule has 3 N–H and O–H groups in total. The first-order chi connectivity index (χ1) is 11.6. The molecule has 2 aliphatic carbocycles. The van der Waals surface area contributed by atoms with Crippen LogP contribution in [0, 0.1) is 5.92 Å². The lowest BCUT2D eigenvalue weighted by Crippen LogP contribution is -2.42. The highest BCUT2D eigenvalue weighted by molar-refractivity contribution is 5.89. The molecule has 0 aromatic carbocycles. The zero-order chi connectivity index (χ0) is 16.9. The molecule has 1 aromatic heterocycles. The molecule has 6 heteroatoms. The number of amides is 2. The first-order valence-corrected chi connectivity index (χ1v) is 9.22. The van der Waals surface area contributed by atoms with E-state index < -0.39 is 0 Å². The molecule has 0 atom stereocenters. The van der Waals surface area contributed by atoms with E-state index in [1.165, 1.54) is 32.1 Å². The van der Waals surface area contributed by atoms with E-state index in [4.69, 9.17) is 0 Å². The number of nitrogens with zero attached hydrogens (tertiary/aromatic N) is 1. The Balaban J connectivity index is 1.39. The van der Waals surface area contributed by atoms with Gasteiger partial charge < -0.3 is 10.6 Å². The summed E-state index contributed by atoms with van der Waals surface area (Å²) in [5.74, 6) is 1.86. The second-order valence-electron chi connectivity index (χ2n) is 7.36. The predicted molar refractivity (Wildman–Crippen MR) is 92.6 cm³/mol. The van der Waals surface area contributed by atoms with Gasteiger partial charge in [-0.1, -0.05) is 32.1 Å². The van der Waals surface area contributed by atoms with Crippen LogP contribution in [0.1, 0.15) is 76.3 Å². The van der Waals surface area contributed by atoms with Crippen LogP contribution in [-0.2, 0) is 9.59 Å². The van der Waals surface area contributed by atoms with Gasteiger partial charge in [0, 0.05) is 31.4 Å². The smallest absolute Gasteiger partial charge is 0.225 e. The number of carbonyl (C=O) groups is 2. The minimum absolute atomic E-state index is 0.0198. The molecule has 3 rings (SSSR count). The quantitative estimate of drug-likeness (QED) is 0.748. The second-order valence-corrected chi connectivity index (χ2v) is 7.36. The van der Waals surface area contributed by atoms with Gasteiger partial charge in [-0.15, -0.1) is 0 Å². The van der Waals surface area contributed by atoms with Crippen molar-refractivity contribution >= 4 is 17.6 Å². The van der Waals surface area contributed by atoms with Gasteiger partial charge in [-0.3, -0.25) is 14.7 Å². The molecule has 2 aliphatic rings. The van der Waals surface area contributed by atoms with Crippen molar-refractivity contribution in [2.75, 3.05) is 5.32 Å². The van der Waals surface area contributed by atoms with Gasteiger partial charge in [0.1, 0.15) is 5.82 Å². The zero-order valence-corrected chi connectivity index (χ0v) is 14.4. The van der Waals surface area contributed by atoms with E-state index in [2.05, 4.69) is 20.8 Å². The summed E-state index contributed by atoms with van der Waals surface area (Å²) in [6.07, 6.45) is 9.95. The average Bonchev–Trinajstić information content (AvgIpc) is 2.97. The van der Waals surface area contributed by atoms with Crippen LogP contribution < -0.4 is 10.6 Å². The molecule has 1 heterocycles. The number of carbonyl (C=O) groups excluding carboxylic acids is 2. The lowest BCUT2D eigenvalue weighted by molar-refractivity contribution is -0.120. The van der Waals surface area contributed by atoms with Crippen LogP contribution in [0.25, 0.3) is 0 Å². The molecule has 0 radical (unpaired) electrons. The molecular weight excluding hydrogens is 304 g/mol. The standard InChI is InChI=1S/C18H28N4O2/c1-12(23)19-15-9-14(10-15)16-11-17(22-21-16)20-18(24)8-7-13-5-3-2-4-6-13/h11,13-15H,2-10H2,1H3,(H,19,23)(H2,20,21,22,24). The van der Waals surface area contributed by atoms with Crippen molar-refractivity contribution in [3.05, 3.63) is 11.8 Å². The van der Waals surface area contributed by atoms with E-state index in [1.54, 1.807) is 6.92 Å². The molecule has 24 heavy (non-hydrogen) atoms. The summed E-state index contributed by atoms with van der Waals surface area (Å²) in [5.41, 5.74) is 0.971. The summed E-state index contributed by atoms with van der Waals surface area (Å²) >= 11 is 0. The van der Waals surface area contributed by atoms with Gasteiger partial charge in [0.2, 0.25) is 11.8 Å². The topological polar surface area (TPSA) is 86.9 Å². The van der Waals surface area contributed by atoms with E-state index in [0.717, 1.165) is 30.9 Å². The van der Waals surface area contributed by atoms with E-state index in [9.17, 15) is 9.59 Å². The van der Waals surface area contributed by atoms with Gasteiger partial charge in [-0.25, -0.2) is 0 Å². The minimum atomic E-state index is 0.0198. The SMILES string of the molecule is CC(=O)NC1CC(c2cc(NC(=O)CCC3CCCCC3)[nH]n2)C1. The van der Waals surface area contributed by atoms with Crippen molar-refractivity contribution in [2.45, 2.75) is 76.7 Å². The maximum Gasteiger partial charge on any atom is 0.225 e. The number of H-pyrrole nitrogens is 1. The molecule has 6 nitrogen and oxygen atoms in total. The molecule has 0 spiro atoms. The van der Waals surface area contributed by atoms with Crippen molar-refractivity contribution < 1.29 is 9.59 Å². The first-order valence-electron chi connectivity index (χ1n) is 9.22. The Morgan fingerprint density at radius 2 is 2.00 bits per heavy atom. The summed E-state index contributed by atoms with van der Waals surface area (Å²) in [6.45, 7) is 1.54. The van der Waals surface area contributed by atoms with Gasteiger partial charge >= 0.3 is 0 Å². The third-order valence-electron chi connectivity index (χ3n) is 5.34. The number of aromatic amines is 1. The predicted octanol–water partition coefficient (Wildman–Crippen LogP) is 3.09. The molecule has 0 aliphatic heterocycles. The van der Waals surface area contributed by atoms with Crippen LogP contribution >= 0.6 is 0 Å². The minimum Gasteiger partial charge on any atom is -0.354 e. The zero-order valence-electron chi connectivity index (χ0n) is 14.4. The molecule has 132 valence electrons. The monoisotopic (exact) mass is 332 g/mol. The highest BCUT2D eigenvalue weighted by atomic mass is 16.2. The number of hydrogen-bond donors (Lipinski definition) is 3. The lowest BCUT2D eigenvalue weighted by atomic mass is 9.78. The first kappa shape index (κ1) is 17.0. The summed E-state index contributed by atoms with van der Waals surface area (Å²) in [5, 5.41) is 13.1. The third-order valence-corrected chi connectivity index (χ3v) is 5.34. The van der Waals surface area contributed by atoms with Crippen molar-refractivity contribution in [3.8, 4) is 0 Å². The normalized spacial score (nSPS) is 24.2. The van der Waals surface area contributed by atoms with Crippen molar-refractivity contribution in [3.63, 3.8) is 0 Å². The van der Waals surface area contributed by atoms with Crippen LogP contribution in [-0.4, -0.2) is 28.1 Å². The number of aromatic nitrogens is 2. The molecule has 1 aromatic rings. The highest BCUT2D eigenvalue weighted by Gasteiger charge is 2.32. The molecule has 0 saturated heterocycles. The summed E-state index contributed by atoms with van der Waals surface area (Å²) in [6, 6.07) is 2.19. The van der Waals surface area contributed by atoms with E-state index in [-0.39, 0.29) is 17.9 Å². The Morgan fingerprint density at radius 3 is 2.71 bits per heavy atom. The fourth-order valence-electron chi connectivity index (χ4n) is 3.90. The van der Waals surface area contributed by atoms with E-state index in [0.29, 0.717) is 18.2 Å². The van der Waals surface area contributed by atoms with Crippen LogP contribution in [0.15, 0.2) is 6.07 Å². The number of rotatable bonds is 6. The van der Waals surface area contributed by atoms with Crippen LogP contribution in [0.5, 0.6) is 0 Å². The maximum atomic E-state index is 12.1. The summed E-state index contributed by atoms with van der Waals surface area (Å²) in [4.78, 5) is 23.1. The van der Waals surface area contributed by atoms with E-state index >= 15 is 0 Å². The molecule has 0 bridgehead atoms. The highest BCUT2D eigenvalue weighted by Crippen LogP contribution is 2.36. The fraction of sp³-hybridized carbons (Fsp3) is 0.722. The van der Waals surface area contributed by atoms with E-state index in [1.807, 2.05) is 6.07 Å². The van der Waals surface area contributed by atoms with Crippen LogP contribution in [0.2, 0.25) is 0 Å². The fourth-order valence-corrected chi connectivity index (χ4v) is 3.90. The third kappa shape index (κ3) is 4.58. The molecule has 2 fully saturated rings. The Bertz CT molecular complexity index is 571. The van der Waals surface area contributed by atoms with Crippen molar-refractivity contribution in [1.29, 1.82) is 0 Å². The Kier molecular flexibility index (Phi) is 5.53. The van der Waals surface area contributed by atoms with Crippen molar-refractivity contribution in [2.24, 2.45) is 5.92 Å². The average molecular weight is 332 g/mol. The molecular formula is C18H28N4O2. The van der Waals surface area contributed by atoms with Crippen LogP contribution in [0.4, 0.5) is 5.82 Å². The van der Waals surface area contributed by atoms with Gasteiger partial charge in [-0.2, -0.15) is 5.10 Å². The molecule has 0 unspecified atom stereocenters. The van der Waals surface area contributed by atoms with Gasteiger partial charge in [0.05, 0.1) is 5.69 Å². The van der Waals surface area contributed by atoms with Crippen molar-refractivity contribution in [1.82, 2.24) is 15.5 Å². The Labute approximate surface area is 143 Å². The summed E-state index contributed by atoms with van der Waals surface area (Å²) < 4.78 is 0. The van der Waals surface area contributed by atoms with Gasteiger partial charge in [-0.05, 0) is 25.2 Å². The maximum absolute atomic E-state index is 12.1. The largest absolute Gasteiger partial charge is 0.354 e. The summed E-state index contributed by atoms with van der Waals surface area (Å²) in [7, 11) is 0. The second kappa shape index (κ2) is 7.81.